The Morgan fingerprint density at radius 2 is 2.10 bits per heavy atom. The van der Waals surface area contributed by atoms with Gasteiger partial charge in [-0.15, -0.1) is 0 Å². The Morgan fingerprint density at radius 1 is 1.35 bits per heavy atom. The van der Waals surface area contributed by atoms with Crippen molar-refractivity contribution in [1.29, 1.82) is 0 Å². The summed E-state index contributed by atoms with van der Waals surface area (Å²) < 4.78 is 22.9. The molecule has 2 atom stereocenters. The summed E-state index contributed by atoms with van der Waals surface area (Å²) in [6, 6.07) is 8.03. The summed E-state index contributed by atoms with van der Waals surface area (Å²) in [7, 11) is -2.86. The molecule has 0 saturated carbocycles. The molecule has 20 heavy (non-hydrogen) atoms. The topological polar surface area (TPSA) is 54.4 Å². The van der Waals surface area contributed by atoms with E-state index in [-0.39, 0.29) is 17.4 Å². The molecule has 0 spiro atoms. The van der Waals surface area contributed by atoms with Gasteiger partial charge in [-0.1, -0.05) is 38.1 Å². The highest BCUT2D eigenvalue weighted by Crippen LogP contribution is 2.29. The van der Waals surface area contributed by atoms with E-state index >= 15 is 0 Å². The van der Waals surface area contributed by atoms with E-state index in [0.29, 0.717) is 18.8 Å². The zero-order valence-electron chi connectivity index (χ0n) is 12.2. The second-order valence-corrected chi connectivity index (χ2v) is 8.59. The number of rotatable bonds is 5. The molecule has 0 aromatic heterocycles. The zero-order valence-corrected chi connectivity index (χ0v) is 13.1. The van der Waals surface area contributed by atoms with E-state index in [0.717, 1.165) is 12.0 Å². The van der Waals surface area contributed by atoms with E-state index in [2.05, 4.69) is 19.9 Å². The van der Waals surface area contributed by atoms with Gasteiger partial charge in [-0.2, -0.15) is 0 Å². The minimum absolute atomic E-state index is 0.101. The van der Waals surface area contributed by atoms with Crippen molar-refractivity contribution in [3.8, 4) is 0 Å². The number of aliphatic hydroxyl groups excluding tert-OH is 1. The fraction of sp³-hybridized carbons (Fsp3) is 0.625. The maximum atomic E-state index is 11.5. The van der Waals surface area contributed by atoms with Crippen molar-refractivity contribution >= 4 is 9.84 Å². The zero-order chi connectivity index (χ0) is 14.8. The molecule has 2 unspecified atom stereocenters. The van der Waals surface area contributed by atoms with Crippen LogP contribution >= 0.6 is 0 Å². The maximum absolute atomic E-state index is 11.5. The Kier molecular flexibility index (Phi) is 4.86. The van der Waals surface area contributed by atoms with Crippen LogP contribution < -0.4 is 0 Å². The van der Waals surface area contributed by atoms with Gasteiger partial charge in [0.15, 0.2) is 9.84 Å². The molecule has 1 fully saturated rings. The molecule has 1 N–H and O–H groups in total. The molecule has 3 nitrogen and oxygen atoms in total. The summed E-state index contributed by atoms with van der Waals surface area (Å²) in [5, 5.41) is 10.3. The second kappa shape index (κ2) is 6.27. The van der Waals surface area contributed by atoms with Gasteiger partial charge in [-0.05, 0) is 42.2 Å². The fourth-order valence-electron chi connectivity index (χ4n) is 2.91. The first kappa shape index (κ1) is 15.5. The van der Waals surface area contributed by atoms with Crippen LogP contribution in [0.2, 0.25) is 0 Å². The highest BCUT2D eigenvalue weighted by molar-refractivity contribution is 7.91. The Balaban J connectivity index is 2.00. The molecule has 4 heteroatoms. The lowest BCUT2D eigenvalue weighted by Crippen LogP contribution is -2.10. The molecule has 0 amide bonds. The predicted octanol–water partition coefficient (Wildman–Crippen LogP) is 2.74. The number of benzene rings is 1. The molecule has 0 radical (unpaired) electrons. The number of hydrogen-bond acceptors (Lipinski definition) is 3. The van der Waals surface area contributed by atoms with Gasteiger partial charge in [0.1, 0.15) is 0 Å². The van der Waals surface area contributed by atoms with Crippen LogP contribution in [0.3, 0.4) is 0 Å². The largest absolute Gasteiger partial charge is 0.388 e. The Bertz CT molecular complexity index is 549. The smallest absolute Gasteiger partial charge is 0.150 e. The first-order valence-corrected chi connectivity index (χ1v) is 9.15. The third kappa shape index (κ3) is 4.32. The average molecular weight is 296 g/mol. The van der Waals surface area contributed by atoms with Crippen molar-refractivity contribution in [3.63, 3.8) is 0 Å². The molecule has 112 valence electrons. The molecule has 0 bridgehead atoms. The van der Waals surface area contributed by atoms with E-state index in [1.54, 1.807) is 0 Å². The molecule has 1 aromatic carbocycles. The van der Waals surface area contributed by atoms with Gasteiger partial charge < -0.3 is 5.11 Å². The van der Waals surface area contributed by atoms with Crippen molar-refractivity contribution in [2.75, 3.05) is 11.5 Å². The molecule has 1 aromatic rings. The summed E-state index contributed by atoms with van der Waals surface area (Å²) >= 11 is 0. The molecule has 1 heterocycles. The fourth-order valence-corrected chi connectivity index (χ4v) is 4.79. The van der Waals surface area contributed by atoms with Crippen molar-refractivity contribution in [1.82, 2.24) is 0 Å². The Hall–Kier alpha value is -0.870. The molecule has 0 aliphatic carbocycles. The SMILES string of the molecule is CC(C)Cc1cccc(C(O)CC2CCS(=O)(=O)C2)c1. The van der Waals surface area contributed by atoms with E-state index in [1.165, 1.54) is 5.56 Å². The van der Waals surface area contributed by atoms with E-state index in [4.69, 9.17) is 0 Å². The predicted molar refractivity (Wildman–Crippen MR) is 81.3 cm³/mol. The van der Waals surface area contributed by atoms with Crippen LogP contribution in [0.4, 0.5) is 0 Å². The maximum Gasteiger partial charge on any atom is 0.150 e. The normalized spacial score (nSPS) is 23.1. The standard InChI is InChI=1S/C16H24O3S/c1-12(2)8-13-4-3-5-15(9-13)16(17)10-14-6-7-20(18,19)11-14/h3-5,9,12,14,16-17H,6-8,10-11H2,1-2H3. The summed E-state index contributed by atoms with van der Waals surface area (Å²) in [5.41, 5.74) is 2.14. The summed E-state index contributed by atoms with van der Waals surface area (Å²) in [6.07, 6.45) is 1.67. The summed E-state index contributed by atoms with van der Waals surface area (Å²) in [4.78, 5) is 0. The van der Waals surface area contributed by atoms with Crippen LogP contribution in [-0.4, -0.2) is 25.0 Å². The van der Waals surface area contributed by atoms with Gasteiger partial charge in [0.2, 0.25) is 0 Å². The van der Waals surface area contributed by atoms with Gasteiger partial charge in [-0.3, -0.25) is 0 Å². The third-order valence-corrected chi connectivity index (χ3v) is 5.70. The monoisotopic (exact) mass is 296 g/mol. The van der Waals surface area contributed by atoms with Crippen molar-refractivity contribution in [2.24, 2.45) is 11.8 Å². The minimum atomic E-state index is -2.86. The minimum Gasteiger partial charge on any atom is -0.388 e. The van der Waals surface area contributed by atoms with Crippen LogP contribution in [0.25, 0.3) is 0 Å². The van der Waals surface area contributed by atoms with Crippen LogP contribution in [-0.2, 0) is 16.3 Å². The van der Waals surface area contributed by atoms with Gasteiger partial charge >= 0.3 is 0 Å². The van der Waals surface area contributed by atoms with Gasteiger partial charge in [0.05, 0.1) is 17.6 Å². The highest BCUT2D eigenvalue weighted by atomic mass is 32.2. The average Bonchev–Trinajstić information content (AvgIpc) is 2.68. The number of sulfone groups is 1. The van der Waals surface area contributed by atoms with Crippen molar-refractivity contribution < 1.29 is 13.5 Å². The lowest BCUT2D eigenvalue weighted by atomic mass is 9.94. The van der Waals surface area contributed by atoms with Crippen molar-refractivity contribution in [2.45, 2.75) is 39.2 Å². The second-order valence-electron chi connectivity index (χ2n) is 6.36. The molecular formula is C16H24O3S. The lowest BCUT2D eigenvalue weighted by Gasteiger charge is -2.16. The van der Waals surface area contributed by atoms with E-state index < -0.39 is 15.9 Å². The first-order valence-electron chi connectivity index (χ1n) is 7.33. The summed E-state index contributed by atoms with van der Waals surface area (Å²) in [5.74, 6) is 1.19. The van der Waals surface area contributed by atoms with Crippen LogP contribution in [0.1, 0.15) is 43.9 Å². The van der Waals surface area contributed by atoms with Crippen LogP contribution in [0, 0.1) is 11.8 Å². The van der Waals surface area contributed by atoms with Crippen LogP contribution in [0.15, 0.2) is 24.3 Å². The third-order valence-electron chi connectivity index (χ3n) is 3.86. The first-order chi connectivity index (χ1) is 9.35. The number of hydrogen-bond donors (Lipinski definition) is 1. The molecule has 2 rings (SSSR count). The van der Waals surface area contributed by atoms with Gasteiger partial charge in [0.25, 0.3) is 0 Å². The van der Waals surface area contributed by atoms with Crippen molar-refractivity contribution in [3.05, 3.63) is 35.4 Å². The Labute approximate surface area is 121 Å². The molecule has 1 saturated heterocycles. The van der Waals surface area contributed by atoms with E-state index in [1.807, 2.05) is 18.2 Å². The number of aliphatic hydroxyl groups is 1. The summed E-state index contributed by atoms with van der Waals surface area (Å²) in [6.45, 7) is 4.35. The van der Waals surface area contributed by atoms with Crippen LogP contribution in [0.5, 0.6) is 0 Å². The molecule has 1 aliphatic heterocycles. The quantitative estimate of drug-likeness (QED) is 0.909. The molecular weight excluding hydrogens is 272 g/mol. The lowest BCUT2D eigenvalue weighted by molar-refractivity contribution is 0.148. The Morgan fingerprint density at radius 3 is 2.70 bits per heavy atom. The molecule has 1 aliphatic rings. The van der Waals surface area contributed by atoms with Gasteiger partial charge in [-0.25, -0.2) is 8.42 Å². The van der Waals surface area contributed by atoms with Gasteiger partial charge in [0, 0.05) is 0 Å². The highest BCUT2D eigenvalue weighted by Gasteiger charge is 2.29. The van der Waals surface area contributed by atoms with E-state index in [9.17, 15) is 13.5 Å².